The number of likely N-dealkylation sites (N-methyl/N-ethyl adjacent to an activating group) is 1. The Labute approximate surface area is 168 Å². The Morgan fingerprint density at radius 1 is 1.00 bits per heavy atom. The van der Waals surface area contributed by atoms with Gasteiger partial charge in [-0.15, -0.1) is 0 Å². The summed E-state index contributed by atoms with van der Waals surface area (Å²) in [5, 5.41) is 6.21. The lowest BCUT2D eigenvalue weighted by molar-refractivity contribution is -0.862. The van der Waals surface area contributed by atoms with Gasteiger partial charge in [0.25, 0.3) is 11.8 Å². The van der Waals surface area contributed by atoms with Crippen molar-refractivity contribution in [1.82, 2.24) is 4.98 Å². The lowest BCUT2D eigenvalue weighted by atomic mass is 10.1. The van der Waals surface area contributed by atoms with E-state index in [0.29, 0.717) is 5.02 Å². The number of aryl methyl sites for hydroxylation is 3. The molecule has 27 heavy (non-hydrogen) atoms. The average molecular weight is 410 g/mol. The zero-order chi connectivity index (χ0) is 20.1. The van der Waals surface area contributed by atoms with E-state index in [9.17, 15) is 9.59 Å². The van der Waals surface area contributed by atoms with Gasteiger partial charge in [0.05, 0.1) is 17.1 Å². The molecular formula is C19H23Cl2N4O2+. The van der Waals surface area contributed by atoms with Gasteiger partial charge in [0, 0.05) is 11.9 Å². The number of nitrogens with one attached hydrogen (secondary N) is 3. The summed E-state index contributed by atoms with van der Waals surface area (Å²) < 4.78 is 0. The minimum atomic E-state index is -0.292. The van der Waals surface area contributed by atoms with Crippen LogP contribution in [0, 0.1) is 20.8 Å². The Balaban J connectivity index is 1.90. The predicted molar refractivity (Wildman–Crippen MR) is 109 cm³/mol. The lowest BCUT2D eigenvalue weighted by Crippen LogP contribution is -3.11. The number of pyridine rings is 1. The molecule has 0 bridgehead atoms. The van der Waals surface area contributed by atoms with Crippen LogP contribution in [0.4, 0.5) is 11.5 Å². The number of aromatic nitrogens is 1. The molecule has 1 atom stereocenters. The van der Waals surface area contributed by atoms with Crippen molar-refractivity contribution in [3.8, 4) is 0 Å². The molecule has 3 N–H and O–H groups in total. The van der Waals surface area contributed by atoms with E-state index in [4.69, 9.17) is 23.2 Å². The molecule has 144 valence electrons. The van der Waals surface area contributed by atoms with Crippen LogP contribution in [0.25, 0.3) is 0 Å². The smallest absolute Gasteiger partial charge is 0.280 e. The largest absolute Gasteiger partial charge is 0.322 e. The molecule has 1 heterocycles. The summed E-state index contributed by atoms with van der Waals surface area (Å²) in [7, 11) is 1.77. The Morgan fingerprint density at radius 2 is 1.56 bits per heavy atom. The van der Waals surface area contributed by atoms with Crippen molar-refractivity contribution in [2.75, 3.05) is 30.8 Å². The summed E-state index contributed by atoms with van der Waals surface area (Å²) in [5.41, 5.74) is 4.00. The zero-order valence-electron chi connectivity index (χ0n) is 15.7. The highest BCUT2D eigenvalue weighted by Gasteiger charge is 2.17. The van der Waals surface area contributed by atoms with Gasteiger partial charge in [0.15, 0.2) is 18.9 Å². The molecule has 2 amide bonds. The molecule has 8 heteroatoms. The molecule has 0 aliphatic rings. The second-order valence-corrected chi connectivity index (χ2v) is 7.51. The van der Waals surface area contributed by atoms with Crippen LogP contribution in [0.5, 0.6) is 0 Å². The number of anilines is 2. The molecule has 0 aliphatic heterocycles. The number of nitrogens with zero attached hydrogens (tertiary/aromatic N) is 1. The van der Waals surface area contributed by atoms with Gasteiger partial charge < -0.3 is 15.5 Å². The number of amides is 2. The number of quaternary nitrogens is 1. The summed E-state index contributed by atoms with van der Waals surface area (Å²) in [5.74, 6) is -0.202. The summed E-state index contributed by atoms with van der Waals surface area (Å²) in [6, 6.07) is 5.55. The highest BCUT2D eigenvalue weighted by Crippen LogP contribution is 2.22. The van der Waals surface area contributed by atoms with Gasteiger partial charge in [0.2, 0.25) is 0 Å². The van der Waals surface area contributed by atoms with Crippen molar-refractivity contribution in [3.63, 3.8) is 0 Å². The number of carbonyl (C=O) groups is 2. The van der Waals surface area contributed by atoms with Gasteiger partial charge >= 0.3 is 0 Å². The third kappa shape index (κ3) is 6.20. The maximum absolute atomic E-state index is 12.3. The maximum atomic E-state index is 12.3. The highest BCUT2D eigenvalue weighted by molar-refractivity contribution is 6.36. The van der Waals surface area contributed by atoms with Crippen LogP contribution >= 0.6 is 23.2 Å². The molecule has 1 aromatic heterocycles. The monoisotopic (exact) mass is 409 g/mol. The second-order valence-electron chi connectivity index (χ2n) is 6.66. The third-order valence-corrected chi connectivity index (χ3v) is 4.43. The van der Waals surface area contributed by atoms with Crippen LogP contribution in [0.1, 0.15) is 16.7 Å². The van der Waals surface area contributed by atoms with Crippen molar-refractivity contribution >= 4 is 46.5 Å². The first-order valence-electron chi connectivity index (χ1n) is 8.45. The van der Waals surface area contributed by atoms with Crippen molar-refractivity contribution in [2.24, 2.45) is 0 Å². The normalized spacial score (nSPS) is 11.8. The summed E-state index contributed by atoms with van der Waals surface area (Å²) >= 11 is 11.8. The average Bonchev–Trinajstić information content (AvgIpc) is 2.53. The van der Waals surface area contributed by atoms with Crippen LogP contribution in [-0.2, 0) is 9.59 Å². The first-order valence-corrected chi connectivity index (χ1v) is 9.21. The lowest BCUT2D eigenvalue weighted by Gasteiger charge is -2.16. The van der Waals surface area contributed by atoms with Crippen molar-refractivity contribution in [1.29, 1.82) is 0 Å². The van der Waals surface area contributed by atoms with Gasteiger partial charge in [-0.05, 0) is 38.0 Å². The molecule has 0 saturated heterocycles. The Bertz CT molecular complexity index is 848. The molecule has 1 aromatic carbocycles. The van der Waals surface area contributed by atoms with Crippen LogP contribution < -0.4 is 15.5 Å². The summed E-state index contributed by atoms with van der Waals surface area (Å²) in [6.45, 7) is 6.19. The number of hydrogen-bond donors (Lipinski definition) is 3. The predicted octanol–water partition coefficient (Wildman–Crippen LogP) is 2.41. The van der Waals surface area contributed by atoms with E-state index < -0.39 is 0 Å². The molecule has 6 nitrogen and oxygen atoms in total. The SMILES string of the molecule is Cc1cc(C)c(NC(=O)C[NH+](C)CC(=O)Nc2ncc(Cl)cc2Cl)c(C)c1. The van der Waals surface area contributed by atoms with Gasteiger partial charge in [-0.1, -0.05) is 40.9 Å². The topological polar surface area (TPSA) is 75.5 Å². The van der Waals surface area contributed by atoms with Crippen molar-refractivity contribution in [2.45, 2.75) is 20.8 Å². The molecule has 0 aliphatic carbocycles. The Morgan fingerprint density at radius 3 is 2.11 bits per heavy atom. The highest BCUT2D eigenvalue weighted by atomic mass is 35.5. The fourth-order valence-electron chi connectivity index (χ4n) is 2.85. The van der Waals surface area contributed by atoms with E-state index in [1.807, 2.05) is 32.9 Å². The minimum absolute atomic E-state index is 0.0971. The Hall–Kier alpha value is -2.15. The van der Waals surface area contributed by atoms with E-state index in [0.717, 1.165) is 27.3 Å². The standard InChI is InChI=1S/C19H22Cl2N4O2/c1-11-5-12(2)18(13(3)6-11)23-16(26)9-25(4)10-17(27)24-19-15(21)7-14(20)8-22-19/h5-8H,9-10H2,1-4H3,(H,23,26)(H,22,24,27)/p+1. The van der Waals surface area contributed by atoms with Crippen LogP contribution in [-0.4, -0.2) is 36.9 Å². The first kappa shape index (κ1) is 21.2. The van der Waals surface area contributed by atoms with Gasteiger partial charge in [-0.3, -0.25) is 9.59 Å². The fraction of sp³-hybridized carbons (Fsp3) is 0.316. The summed E-state index contributed by atoms with van der Waals surface area (Å²) in [6.07, 6.45) is 1.40. The Kier molecular flexibility index (Phi) is 7.18. The first-order chi connectivity index (χ1) is 12.7. The number of rotatable bonds is 6. The van der Waals surface area contributed by atoms with Crippen LogP contribution in [0.15, 0.2) is 24.4 Å². The molecule has 2 aromatic rings. The molecule has 1 unspecified atom stereocenters. The molecule has 0 saturated carbocycles. The van der Waals surface area contributed by atoms with E-state index in [1.165, 1.54) is 12.3 Å². The minimum Gasteiger partial charge on any atom is -0.322 e. The second kappa shape index (κ2) is 9.17. The van der Waals surface area contributed by atoms with E-state index in [1.54, 1.807) is 7.05 Å². The van der Waals surface area contributed by atoms with E-state index >= 15 is 0 Å². The number of carbonyl (C=O) groups excluding carboxylic acids is 2. The number of hydrogen-bond acceptors (Lipinski definition) is 3. The van der Waals surface area contributed by atoms with E-state index in [-0.39, 0.29) is 35.7 Å². The quantitative estimate of drug-likeness (QED) is 0.685. The number of halogens is 2. The third-order valence-electron chi connectivity index (χ3n) is 3.93. The van der Waals surface area contributed by atoms with Crippen molar-refractivity contribution in [3.05, 3.63) is 51.1 Å². The molecular weight excluding hydrogens is 387 g/mol. The van der Waals surface area contributed by atoms with Gasteiger partial charge in [-0.25, -0.2) is 4.98 Å². The molecule has 0 spiro atoms. The van der Waals surface area contributed by atoms with Crippen LogP contribution in [0.2, 0.25) is 10.0 Å². The van der Waals surface area contributed by atoms with Gasteiger partial charge in [-0.2, -0.15) is 0 Å². The molecule has 0 radical (unpaired) electrons. The van der Waals surface area contributed by atoms with E-state index in [2.05, 4.69) is 15.6 Å². The van der Waals surface area contributed by atoms with Gasteiger partial charge in [0.1, 0.15) is 0 Å². The number of benzene rings is 1. The van der Waals surface area contributed by atoms with Crippen molar-refractivity contribution < 1.29 is 14.5 Å². The zero-order valence-corrected chi connectivity index (χ0v) is 17.3. The molecule has 2 rings (SSSR count). The molecule has 0 fully saturated rings. The fourth-order valence-corrected chi connectivity index (χ4v) is 3.28. The van der Waals surface area contributed by atoms with Crippen LogP contribution in [0.3, 0.4) is 0 Å². The summed E-state index contributed by atoms with van der Waals surface area (Å²) in [4.78, 5) is 29.2. The maximum Gasteiger partial charge on any atom is 0.280 e.